The number of nitrogens with one attached hydrogen (secondary N) is 2. The molecule has 2 aliphatic heterocycles. The lowest BCUT2D eigenvalue weighted by Gasteiger charge is -2.38. The normalized spacial score (nSPS) is 16.8. The SMILES string of the molecule is CCCC(=O)c1cc(NCCN2CCCC2)c(C)c(N2CCN(c3ncnc4[nH]nc(Br)c34)CC2)c1. The van der Waals surface area contributed by atoms with Crippen LogP contribution in [0, 0.1) is 6.92 Å². The second kappa shape index (κ2) is 11.1. The number of aromatic nitrogens is 4. The highest BCUT2D eigenvalue weighted by atomic mass is 79.9. The van der Waals surface area contributed by atoms with Crippen molar-refractivity contribution >= 4 is 49.9 Å². The van der Waals surface area contributed by atoms with Gasteiger partial charge in [0.15, 0.2) is 11.4 Å². The Hall–Kier alpha value is -2.72. The summed E-state index contributed by atoms with van der Waals surface area (Å²) >= 11 is 3.53. The number of benzene rings is 1. The van der Waals surface area contributed by atoms with E-state index in [9.17, 15) is 4.79 Å². The minimum absolute atomic E-state index is 0.216. The molecule has 2 aliphatic rings. The van der Waals surface area contributed by atoms with Crippen LogP contribution in [0.25, 0.3) is 11.0 Å². The maximum atomic E-state index is 12.9. The molecule has 0 atom stereocenters. The van der Waals surface area contributed by atoms with Gasteiger partial charge in [-0.2, -0.15) is 5.10 Å². The third kappa shape index (κ3) is 5.20. The molecule has 0 saturated carbocycles. The molecule has 0 unspecified atom stereocenters. The molecule has 192 valence electrons. The smallest absolute Gasteiger partial charge is 0.163 e. The highest BCUT2D eigenvalue weighted by Crippen LogP contribution is 2.33. The summed E-state index contributed by atoms with van der Waals surface area (Å²) in [5.41, 5.74) is 4.98. The molecule has 3 aromatic rings. The van der Waals surface area contributed by atoms with Crippen molar-refractivity contribution in [1.82, 2.24) is 25.1 Å². The summed E-state index contributed by atoms with van der Waals surface area (Å²) in [5.74, 6) is 1.11. The topological polar surface area (TPSA) is 93.3 Å². The number of Topliss-reactive ketones (excluding diaryl/α,β-unsaturated/α-hetero) is 1. The van der Waals surface area contributed by atoms with Gasteiger partial charge in [-0.25, -0.2) is 9.97 Å². The van der Waals surface area contributed by atoms with Gasteiger partial charge in [0.25, 0.3) is 0 Å². The number of hydrogen-bond acceptors (Lipinski definition) is 8. The minimum Gasteiger partial charge on any atom is -0.383 e. The van der Waals surface area contributed by atoms with Crippen LogP contribution in [0.4, 0.5) is 17.2 Å². The average Bonchev–Trinajstić information content (AvgIpc) is 3.55. The summed E-state index contributed by atoms with van der Waals surface area (Å²) < 4.78 is 0.734. The molecule has 2 aromatic heterocycles. The Morgan fingerprint density at radius 2 is 1.83 bits per heavy atom. The zero-order chi connectivity index (χ0) is 25.1. The molecular weight excluding hydrogens is 520 g/mol. The fourth-order valence-electron chi connectivity index (χ4n) is 5.31. The van der Waals surface area contributed by atoms with Crippen molar-refractivity contribution in [3.8, 4) is 0 Å². The quantitative estimate of drug-likeness (QED) is 0.379. The van der Waals surface area contributed by atoms with E-state index >= 15 is 0 Å². The first kappa shape index (κ1) is 25.0. The molecule has 36 heavy (non-hydrogen) atoms. The van der Waals surface area contributed by atoms with Crippen LogP contribution >= 0.6 is 15.9 Å². The first-order valence-corrected chi connectivity index (χ1v) is 13.8. The number of likely N-dealkylation sites (tertiary alicyclic amines) is 1. The van der Waals surface area contributed by atoms with E-state index in [0.717, 1.165) is 84.1 Å². The number of hydrogen-bond donors (Lipinski definition) is 2. The molecule has 10 heteroatoms. The summed E-state index contributed by atoms with van der Waals surface area (Å²) in [4.78, 5) is 29.0. The number of ketones is 1. The zero-order valence-corrected chi connectivity index (χ0v) is 22.8. The van der Waals surface area contributed by atoms with Gasteiger partial charge in [0, 0.05) is 62.6 Å². The maximum absolute atomic E-state index is 12.9. The van der Waals surface area contributed by atoms with Crippen LogP contribution in [0.2, 0.25) is 0 Å². The fraction of sp³-hybridized carbons (Fsp3) is 0.538. The first-order valence-electron chi connectivity index (χ1n) is 13.0. The molecule has 1 aromatic carbocycles. The lowest BCUT2D eigenvalue weighted by Crippen LogP contribution is -2.47. The van der Waals surface area contributed by atoms with E-state index in [1.165, 1.54) is 31.5 Å². The second-order valence-corrected chi connectivity index (χ2v) is 10.5. The number of carbonyl (C=O) groups is 1. The van der Waals surface area contributed by atoms with Gasteiger partial charge >= 0.3 is 0 Å². The van der Waals surface area contributed by atoms with E-state index < -0.39 is 0 Å². The van der Waals surface area contributed by atoms with Gasteiger partial charge in [0.05, 0.1) is 5.39 Å². The van der Waals surface area contributed by atoms with E-state index in [0.29, 0.717) is 6.42 Å². The van der Waals surface area contributed by atoms with Crippen molar-refractivity contribution in [1.29, 1.82) is 0 Å². The number of fused-ring (bicyclic) bond motifs is 1. The second-order valence-electron chi connectivity index (χ2n) is 9.73. The van der Waals surface area contributed by atoms with Crippen LogP contribution in [0.5, 0.6) is 0 Å². The van der Waals surface area contributed by atoms with Gasteiger partial charge in [0.2, 0.25) is 0 Å². The molecule has 4 heterocycles. The summed E-state index contributed by atoms with van der Waals surface area (Å²) in [5, 5.41) is 11.8. The number of piperazine rings is 1. The Morgan fingerprint density at radius 3 is 2.58 bits per heavy atom. The number of nitrogens with zero attached hydrogens (tertiary/aromatic N) is 6. The van der Waals surface area contributed by atoms with E-state index in [1.807, 2.05) is 0 Å². The van der Waals surface area contributed by atoms with Crippen molar-refractivity contribution in [2.75, 3.05) is 67.5 Å². The number of H-pyrrole nitrogens is 1. The highest BCUT2D eigenvalue weighted by Gasteiger charge is 2.24. The molecule has 2 saturated heterocycles. The lowest BCUT2D eigenvalue weighted by molar-refractivity contribution is 0.0982. The van der Waals surface area contributed by atoms with E-state index in [1.54, 1.807) is 6.33 Å². The van der Waals surface area contributed by atoms with Crippen molar-refractivity contribution in [3.05, 3.63) is 34.2 Å². The van der Waals surface area contributed by atoms with Crippen molar-refractivity contribution in [2.45, 2.75) is 39.5 Å². The summed E-state index contributed by atoms with van der Waals surface area (Å²) in [6, 6.07) is 4.16. The largest absolute Gasteiger partial charge is 0.383 e. The summed E-state index contributed by atoms with van der Waals surface area (Å²) in [6.45, 7) is 11.9. The minimum atomic E-state index is 0.216. The van der Waals surface area contributed by atoms with Gasteiger partial charge < -0.3 is 20.0 Å². The third-order valence-electron chi connectivity index (χ3n) is 7.33. The Kier molecular flexibility index (Phi) is 7.71. The van der Waals surface area contributed by atoms with Crippen LogP contribution in [0.3, 0.4) is 0 Å². The molecule has 0 radical (unpaired) electrons. The molecule has 0 amide bonds. The van der Waals surface area contributed by atoms with E-state index in [-0.39, 0.29) is 5.78 Å². The fourth-order valence-corrected chi connectivity index (χ4v) is 5.76. The third-order valence-corrected chi connectivity index (χ3v) is 7.91. The number of anilines is 3. The molecule has 2 N–H and O–H groups in total. The van der Waals surface area contributed by atoms with Crippen LogP contribution in [0.15, 0.2) is 23.1 Å². The lowest BCUT2D eigenvalue weighted by atomic mass is 10.0. The average molecular weight is 556 g/mol. The van der Waals surface area contributed by atoms with Gasteiger partial charge in [-0.3, -0.25) is 9.89 Å². The summed E-state index contributed by atoms with van der Waals surface area (Å²) in [7, 11) is 0. The Balaban J connectivity index is 1.34. The van der Waals surface area contributed by atoms with Crippen LogP contribution in [-0.2, 0) is 0 Å². The van der Waals surface area contributed by atoms with E-state index in [4.69, 9.17) is 0 Å². The predicted octanol–water partition coefficient (Wildman–Crippen LogP) is 4.24. The molecule has 2 fully saturated rings. The maximum Gasteiger partial charge on any atom is 0.163 e. The van der Waals surface area contributed by atoms with Gasteiger partial charge in [0.1, 0.15) is 16.7 Å². The van der Waals surface area contributed by atoms with Gasteiger partial charge in [-0.15, -0.1) is 0 Å². The van der Waals surface area contributed by atoms with Gasteiger partial charge in [-0.1, -0.05) is 6.92 Å². The van der Waals surface area contributed by atoms with Crippen molar-refractivity contribution in [3.63, 3.8) is 0 Å². The number of halogens is 1. The Labute approximate surface area is 220 Å². The first-order chi connectivity index (χ1) is 17.5. The number of carbonyl (C=O) groups excluding carboxylic acids is 1. The van der Waals surface area contributed by atoms with E-state index in [2.05, 4.69) is 82.1 Å². The standard InChI is InChI=1S/C26H35BrN8O/c1-3-6-22(36)19-15-20(28-7-10-33-8-4-5-9-33)18(2)21(16-19)34-11-13-35(14-12-34)26-23-24(27)31-32-25(23)29-17-30-26/h15-17,28H,3-14H2,1-2H3,(H,29,30,31,32). The highest BCUT2D eigenvalue weighted by molar-refractivity contribution is 9.10. The van der Waals surface area contributed by atoms with Crippen LogP contribution in [0.1, 0.15) is 48.5 Å². The molecule has 0 spiro atoms. The van der Waals surface area contributed by atoms with Crippen LogP contribution in [-0.4, -0.2) is 83.2 Å². The molecule has 0 bridgehead atoms. The monoisotopic (exact) mass is 554 g/mol. The summed E-state index contributed by atoms with van der Waals surface area (Å²) in [6.07, 6.45) is 5.62. The van der Waals surface area contributed by atoms with Gasteiger partial charge in [-0.05, 0) is 72.9 Å². The molecule has 5 rings (SSSR count). The molecular formula is C26H35BrN8O. The Morgan fingerprint density at radius 1 is 1.08 bits per heavy atom. The number of rotatable bonds is 9. The zero-order valence-electron chi connectivity index (χ0n) is 21.2. The Bertz CT molecular complexity index is 1210. The predicted molar refractivity (Wildman–Crippen MR) is 148 cm³/mol. The number of aromatic amines is 1. The van der Waals surface area contributed by atoms with Crippen molar-refractivity contribution in [2.24, 2.45) is 0 Å². The molecule has 0 aliphatic carbocycles. The van der Waals surface area contributed by atoms with Crippen LogP contribution < -0.4 is 15.1 Å². The van der Waals surface area contributed by atoms with Crippen molar-refractivity contribution < 1.29 is 4.79 Å². The molecule has 9 nitrogen and oxygen atoms in total.